The summed E-state index contributed by atoms with van der Waals surface area (Å²) in [6.07, 6.45) is 0. The molecule has 6 heteroatoms. The van der Waals surface area contributed by atoms with Gasteiger partial charge in [0, 0.05) is 21.9 Å². The molecule has 6 nitrogen and oxygen atoms in total. The van der Waals surface area contributed by atoms with Gasteiger partial charge in [-0.3, -0.25) is 0 Å². The zero-order valence-electron chi connectivity index (χ0n) is 21.2. The van der Waals surface area contributed by atoms with Crippen LogP contribution in [0.3, 0.4) is 0 Å². The predicted molar refractivity (Wildman–Crippen MR) is 158 cm³/mol. The molecule has 0 aliphatic rings. The minimum Gasteiger partial charge on any atom is -0.507 e. The van der Waals surface area contributed by atoms with Crippen LogP contribution in [0, 0.1) is 0 Å². The summed E-state index contributed by atoms with van der Waals surface area (Å²) < 4.78 is 0. The molecule has 0 saturated heterocycles. The summed E-state index contributed by atoms with van der Waals surface area (Å²) in [6, 6.07) is 37.9. The molecule has 2 aromatic heterocycles. The van der Waals surface area contributed by atoms with Gasteiger partial charge in [-0.15, -0.1) is 0 Å². The summed E-state index contributed by atoms with van der Waals surface area (Å²) in [4.78, 5) is 19.8. The van der Waals surface area contributed by atoms with Crippen molar-refractivity contribution in [3.8, 4) is 56.8 Å². The van der Waals surface area contributed by atoms with Gasteiger partial charge in [0.2, 0.25) is 0 Å². The van der Waals surface area contributed by atoms with Gasteiger partial charge in [0.05, 0.1) is 22.5 Å². The number of rotatable bonds is 4. The smallest absolute Gasteiger partial charge is 0.164 e. The Bertz CT molecular complexity index is 1880. The van der Waals surface area contributed by atoms with Crippen molar-refractivity contribution in [2.24, 2.45) is 0 Å². The molecule has 0 bridgehead atoms. The fourth-order valence-electron chi connectivity index (χ4n) is 4.98. The van der Waals surface area contributed by atoms with Gasteiger partial charge in [0.1, 0.15) is 22.5 Å². The number of para-hydroxylation sites is 2. The average molecular weight is 519 g/mol. The predicted octanol–water partition coefficient (Wildman–Crippen LogP) is 7.65. The lowest BCUT2D eigenvalue weighted by Gasteiger charge is -2.14. The molecule has 0 saturated carbocycles. The van der Waals surface area contributed by atoms with E-state index >= 15 is 0 Å². The molecule has 0 radical (unpaired) electrons. The standard InChI is InChI=1S/C34H22N4O2/c39-27-17-9-7-15-23(27)33-35-29(21-11-3-1-4-12-21)25-19-20-26-30(22-13-5-2-6-14-22)36-34(38-32(26)31(25)37-33)24-16-8-10-18-28(24)40/h1-20,39-40H. The van der Waals surface area contributed by atoms with E-state index in [1.807, 2.05) is 84.9 Å². The quantitative estimate of drug-likeness (QED) is 0.233. The zero-order valence-corrected chi connectivity index (χ0v) is 21.2. The monoisotopic (exact) mass is 518 g/mol. The van der Waals surface area contributed by atoms with Crippen LogP contribution in [0.15, 0.2) is 121 Å². The van der Waals surface area contributed by atoms with Gasteiger partial charge in [-0.2, -0.15) is 0 Å². The maximum absolute atomic E-state index is 10.7. The molecule has 0 amide bonds. The first kappa shape index (κ1) is 23.5. The second-order valence-electron chi connectivity index (χ2n) is 9.42. The first-order valence-electron chi connectivity index (χ1n) is 12.9. The summed E-state index contributed by atoms with van der Waals surface area (Å²) in [5.41, 5.74) is 5.60. The molecule has 5 aromatic carbocycles. The third kappa shape index (κ3) is 3.99. The van der Waals surface area contributed by atoms with Gasteiger partial charge < -0.3 is 10.2 Å². The maximum Gasteiger partial charge on any atom is 0.164 e. The van der Waals surface area contributed by atoms with Crippen LogP contribution < -0.4 is 0 Å². The number of fused-ring (bicyclic) bond motifs is 3. The highest BCUT2D eigenvalue weighted by Gasteiger charge is 2.20. The lowest BCUT2D eigenvalue weighted by Crippen LogP contribution is -2.00. The van der Waals surface area contributed by atoms with Crippen molar-refractivity contribution in [2.75, 3.05) is 0 Å². The fourth-order valence-corrected chi connectivity index (χ4v) is 4.98. The zero-order chi connectivity index (χ0) is 27.1. The largest absolute Gasteiger partial charge is 0.507 e. The van der Waals surface area contributed by atoms with Gasteiger partial charge in [0.15, 0.2) is 11.6 Å². The molecule has 0 unspecified atom stereocenters. The van der Waals surface area contributed by atoms with E-state index in [9.17, 15) is 10.2 Å². The van der Waals surface area contributed by atoms with Crippen LogP contribution >= 0.6 is 0 Å². The third-order valence-corrected chi connectivity index (χ3v) is 6.92. The number of nitrogens with zero attached hydrogens (tertiary/aromatic N) is 4. The van der Waals surface area contributed by atoms with E-state index in [1.165, 1.54) is 0 Å². The molecule has 0 spiro atoms. The second-order valence-corrected chi connectivity index (χ2v) is 9.42. The normalized spacial score (nSPS) is 11.2. The van der Waals surface area contributed by atoms with Crippen LogP contribution in [0.2, 0.25) is 0 Å². The number of phenolic OH excluding ortho intramolecular Hbond substituents is 2. The van der Waals surface area contributed by atoms with Crippen molar-refractivity contribution >= 4 is 21.8 Å². The van der Waals surface area contributed by atoms with Crippen molar-refractivity contribution in [3.63, 3.8) is 0 Å². The van der Waals surface area contributed by atoms with Gasteiger partial charge in [0.25, 0.3) is 0 Å². The van der Waals surface area contributed by atoms with E-state index in [4.69, 9.17) is 19.9 Å². The molecule has 7 rings (SSSR count). The number of aromatic nitrogens is 4. The van der Waals surface area contributed by atoms with Crippen molar-refractivity contribution in [3.05, 3.63) is 121 Å². The highest BCUT2D eigenvalue weighted by atomic mass is 16.3. The second kappa shape index (κ2) is 9.60. The summed E-state index contributed by atoms with van der Waals surface area (Å²) in [6.45, 7) is 0. The summed E-state index contributed by atoms with van der Waals surface area (Å²) in [5, 5.41) is 23.0. The molecule has 40 heavy (non-hydrogen) atoms. The lowest BCUT2D eigenvalue weighted by molar-refractivity contribution is 0.476. The third-order valence-electron chi connectivity index (χ3n) is 6.92. The van der Waals surface area contributed by atoms with Crippen LogP contribution in [0.4, 0.5) is 0 Å². The Morgan fingerprint density at radius 3 is 1.15 bits per heavy atom. The van der Waals surface area contributed by atoms with E-state index in [-0.39, 0.29) is 11.5 Å². The van der Waals surface area contributed by atoms with Crippen molar-refractivity contribution in [2.45, 2.75) is 0 Å². The Kier molecular flexibility index (Phi) is 5.64. The Balaban J connectivity index is 1.63. The van der Waals surface area contributed by atoms with E-state index in [0.29, 0.717) is 33.8 Å². The van der Waals surface area contributed by atoms with Crippen LogP contribution in [0.5, 0.6) is 11.5 Å². The molecule has 7 aromatic rings. The van der Waals surface area contributed by atoms with E-state index in [0.717, 1.165) is 33.3 Å². The molecule has 2 N–H and O–H groups in total. The molecule has 0 aliphatic heterocycles. The molecule has 0 fully saturated rings. The van der Waals surface area contributed by atoms with Crippen LogP contribution in [0.1, 0.15) is 0 Å². The molecular weight excluding hydrogens is 496 g/mol. The summed E-state index contributed by atoms with van der Waals surface area (Å²) >= 11 is 0. The molecule has 2 heterocycles. The first-order valence-corrected chi connectivity index (χ1v) is 12.9. The topological polar surface area (TPSA) is 92.0 Å². The van der Waals surface area contributed by atoms with Gasteiger partial charge >= 0.3 is 0 Å². The van der Waals surface area contributed by atoms with Crippen LogP contribution in [-0.2, 0) is 0 Å². The van der Waals surface area contributed by atoms with Crippen molar-refractivity contribution in [1.29, 1.82) is 0 Å². The summed E-state index contributed by atoms with van der Waals surface area (Å²) in [7, 11) is 0. The Labute approximate surface area is 229 Å². The van der Waals surface area contributed by atoms with Crippen LogP contribution in [-0.4, -0.2) is 30.1 Å². The van der Waals surface area contributed by atoms with E-state index < -0.39 is 0 Å². The van der Waals surface area contributed by atoms with Crippen LogP contribution in [0.25, 0.3) is 67.1 Å². The Hall–Kier alpha value is -5.62. The number of phenols is 2. The maximum atomic E-state index is 10.7. The van der Waals surface area contributed by atoms with Gasteiger partial charge in [-0.05, 0) is 36.4 Å². The van der Waals surface area contributed by atoms with Gasteiger partial charge in [-0.1, -0.05) is 84.9 Å². The number of benzene rings is 5. The molecule has 0 atom stereocenters. The minimum absolute atomic E-state index is 0.0931. The first-order chi connectivity index (χ1) is 19.7. The fraction of sp³-hybridized carbons (Fsp3) is 0. The highest BCUT2D eigenvalue weighted by molar-refractivity contribution is 6.11. The minimum atomic E-state index is 0.0931. The number of aromatic hydroxyl groups is 2. The van der Waals surface area contributed by atoms with Crippen molar-refractivity contribution < 1.29 is 10.2 Å². The summed E-state index contributed by atoms with van der Waals surface area (Å²) in [5.74, 6) is 0.966. The average Bonchev–Trinajstić information content (AvgIpc) is 3.01. The number of hydrogen-bond acceptors (Lipinski definition) is 6. The van der Waals surface area contributed by atoms with Gasteiger partial charge in [-0.25, -0.2) is 19.9 Å². The SMILES string of the molecule is Oc1ccccc1-c1nc(-c2ccccc2)c2ccc3c(-c4ccccc4)nc(-c4ccccc4O)nc3c2n1. The molecular formula is C34H22N4O2. The number of hydrogen-bond donors (Lipinski definition) is 2. The Morgan fingerprint density at radius 1 is 0.375 bits per heavy atom. The Morgan fingerprint density at radius 2 is 0.750 bits per heavy atom. The lowest BCUT2D eigenvalue weighted by atomic mass is 10.0. The molecule has 0 aliphatic carbocycles. The van der Waals surface area contributed by atoms with Crippen molar-refractivity contribution in [1.82, 2.24) is 19.9 Å². The van der Waals surface area contributed by atoms with E-state index in [2.05, 4.69) is 0 Å². The highest BCUT2D eigenvalue weighted by Crippen LogP contribution is 2.38. The van der Waals surface area contributed by atoms with E-state index in [1.54, 1.807) is 36.4 Å². The molecule has 190 valence electrons.